The number of nitrogens with one attached hydrogen (secondary N) is 1. The standard InChI is InChI=1S/C18H36F3NO5Si3/c1-28-26-29(2,12-7-9-22-17(23)14-18(19,20)21)11-5-4-10-25-30(3,27-28)13-6-8-16-15-24-16/h16,28H,4-15H2,1-3H3,(H,22,23). The van der Waals surface area contributed by atoms with E-state index in [0.717, 1.165) is 50.4 Å². The van der Waals surface area contributed by atoms with Crippen molar-refractivity contribution in [2.45, 2.75) is 88.6 Å². The summed E-state index contributed by atoms with van der Waals surface area (Å²) in [6.45, 7) is 8.19. The van der Waals surface area contributed by atoms with E-state index in [1.54, 1.807) is 0 Å². The first-order valence-corrected chi connectivity index (χ1v) is 18.4. The Morgan fingerprint density at radius 3 is 2.57 bits per heavy atom. The van der Waals surface area contributed by atoms with Crippen LogP contribution in [-0.4, -0.2) is 64.1 Å². The normalized spacial score (nSPS) is 33.1. The van der Waals surface area contributed by atoms with Gasteiger partial charge >= 0.3 is 14.7 Å². The minimum Gasteiger partial charge on any atom is -0.438 e. The lowest BCUT2D eigenvalue weighted by Crippen LogP contribution is -2.49. The molecule has 30 heavy (non-hydrogen) atoms. The molecule has 2 heterocycles. The van der Waals surface area contributed by atoms with Crippen molar-refractivity contribution in [3.05, 3.63) is 0 Å². The van der Waals surface area contributed by atoms with Crippen molar-refractivity contribution in [1.29, 1.82) is 0 Å². The number of ether oxygens (including phenoxy) is 1. The molecule has 0 saturated carbocycles. The second kappa shape index (κ2) is 11.6. The van der Waals surface area contributed by atoms with E-state index in [-0.39, 0.29) is 6.54 Å². The summed E-state index contributed by atoms with van der Waals surface area (Å²) in [7, 11) is -6.21. The number of rotatable bonds is 9. The van der Waals surface area contributed by atoms with E-state index in [0.29, 0.717) is 19.1 Å². The number of carbonyl (C=O) groups excluding carboxylic acids is 1. The molecule has 2 saturated heterocycles. The highest BCUT2D eigenvalue weighted by Gasteiger charge is 2.39. The monoisotopic (exact) mass is 487 g/mol. The van der Waals surface area contributed by atoms with E-state index < -0.39 is 44.7 Å². The van der Waals surface area contributed by atoms with Crippen molar-refractivity contribution in [1.82, 2.24) is 5.32 Å². The number of amides is 1. The summed E-state index contributed by atoms with van der Waals surface area (Å²) in [6.07, 6.45) is -0.772. The van der Waals surface area contributed by atoms with Crippen LogP contribution in [0.3, 0.4) is 0 Å². The molecule has 6 nitrogen and oxygen atoms in total. The number of epoxide rings is 1. The molecule has 0 aromatic carbocycles. The molecule has 2 fully saturated rings. The molecule has 0 aromatic heterocycles. The largest absolute Gasteiger partial charge is 0.438 e. The molecule has 2 rings (SSSR count). The minimum absolute atomic E-state index is 0.246. The minimum atomic E-state index is -4.47. The number of carbonyl (C=O) groups is 1. The maximum absolute atomic E-state index is 12.3. The van der Waals surface area contributed by atoms with E-state index in [1.807, 2.05) is 0 Å². The average molecular weight is 488 g/mol. The predicted molar refractivity (Wildman–Crippen MR) is 115 cm³/mol. The fourth-order valence-electron chi connectivity index (χ4n) is 3.89. The summed E-state index contributed by atoms with van der Waals surface area (Å²) in [4.78, 5) is 11.3. The first-order valence-electron chi connectivity index (χ1n) is 10.9. The molecule has 0 radical (unpaired) electrons. The quantitative estimate of drug-likeness (QED) is 0.303. The second-order valence-corrected chi connectivity index (χ2v) is 18.8. The summed E-state index contributed by atoms with van der Waals surface area (Å²) < 4.78 is 61.2. The van der Waals surface area contributed by atoms with Gasteiger partial charge in [-0.1, -0.05) is 6.42 Å². The van der Waals surface area contributed by atoms with Gasteiger partial charge in [0.25, 0.3) is 9.28 Å². The summed E-state index contributed by atoms with van der Waals surface area (Å²) in [5, 5.41) is 2.37. The molecule has 1 N–H and O–H groups in total. The molecule has 4 atom stereocenters. The molecular formula is C18H36F3NO5Si3. The molecule has 1 amide bonds. The highest BCUT2D eigenvalue weighted by atomic mass is 28.5. The highest BCUT2D eigenvalue weighted by molar-refractivity contribution is 6.81. The number of alkyl halides is 3. The first kappa shape index (κ1) is 26.0. The molecule has 4 unspecified atom stereocenters. The molecule has 2 aliphatic heterocycles. The van der Waals surface area contributed by atoms with Crippen molar-refractivity contribution in [3.8, 4) is 0 Å². The van der Waals surface area contributed by atoms with Crippen molar-refractivity contribution >= 4 is 32.1 Å². The van der Waals surface area contributed by atoms with E-state index in [2.05, 4.69) is 25.0 Å². The third-order valence-corrected chi connectivity index (χ3v) is 17.3. The van der Waals surface area contributed by atoms with Gasteiger partial charge in [-0.15, -0.1) is 0 Å². The molecule has 0 aromatic rings. The summed E-state index contributed by atoms with van der Waals surface area (Å²) >= 11 is 0. The maximum Gasteiger partial charge on any atom is 0.397 e. The van der Waals surface area contributed by atoms with Gasteiger partial charge in [-0.3, -0.25) is 4.79 Å². The van der Waals surface area contributed by atoms with Gasteiger partial charge in [0.1, 0.15) is 6.42 Å². The molecule has 2 aliphatic rings. The Bertz CT molecular complexity index is 556. The highest BCUT2D eigenvalue weighted by Crippen LogP contribution is 2.29. The Hall–Kier alpha value is -0.249. The van der Waals surface area contributed by atoms with Gasteiger partial charge in [-0.05, 0) is 63.5 Å². The van der Waals surface area contributed by atoms with Crippen LogP contribution in [0, 0.1) is 0 Å². The Kier molecular flexibility index (Phi) is 10.0. The fraction of sp³-hybridized carbons (Fsp3) is 0.944. The second-order valence-electron chi connectivity index (χ2n) is 8.79. The van der Waals surface area contributed by atoms with Gasteiger partial charge in [-0.2, -0.15) is 13.2 Å². The zero-order valence-corrected chi connectivity index (χ0v) is 21.5. The lowest BCUT2D eigenvalue weighted by Gasteiger charge is -2.37. The van der Waals surface area contributed by atoms with Crippen LogP contribution in [0.25, 0.3) is 0 Å². The Labute approximate surface area is 181 Å². The van der Waals surface area contributed by atoms with Crippen LogP contribution in [0.15, 0.2) is 0 Å². The maximum atomic E-state index is 12.3. The third-order valence-electron chi connectivity index (χ3n) is 5.50. The Morgan fingerprint density at radius 1 is 1.17 bits per heavy atom. The zero-order valence-electron chi connectivity index (χ0n) is 18.3. The van der Waals surface area contributed by atoms with Crippen LogP contribution in [0.4, 0.5) is 13.2 Å². The lowest BCUT2D eigenvalue weighted by atomic mass is 10.3. The topological polar surface area (TPSA) is 69.3 Å². The summed E-state index contributed by atoms with van der Waals surface area (Å²) in [6, 6.07) is 2.72. The zero-order chi connectivity index (χ0) is 22.3. The number of halogens is 3. The van der Waals surface area contributed by atoms with Crippen LogP contribution < -0.4 is 5.32 Å². The Balaban J connectivity index is 1.80. The van der Waals surface area contributed by atoms with E-state index in [4.69, 9.17) is 17.4 Å². The van der Waals surface area contributed by atoms with Crippen LogP contribution >= 0.6 is 0 Å². The van der Waals surface area contributed by atoms with Crippen molar-refractivity contribution < 1.29 is 35.4 Å². The molecule has 12 heteroatoms. The van der Waals surface area contributed by atoms with E-state index >= 15 is 0 Å². The van der Waals surface area contributed by atoms with E-state index in [9.17, 15) is 18.0 Å². The van der Waals surface area contributed by atoms with Crippen LogP contribution in [0.2, 0.25) is 37.8 Å². The average Bonchev–Trinajstić information content (AvgIpc) is 3.40. The van der Waals surface area contributed by atoms with Gasteiger partial charge in [0.05, 0.1) is 12.7 Å². The first-order chi connectivity index (χ1) is 14.0. The molecular weight excluding hydrogens is 451 g/mol. The predicted octanol–water partition coefficient (Wildman–Crippen LogP) is 3.97. The van der Waals surface area contributed by atoms with Crippen molar-refractivity contribution in [2.75, 3.05) is 19.8 Å². The summed E-state index contributed by atoms with van der Waals surface area (Å²) in [5.41, 5.74) is 0. The number of hydrogen-bond acceptors (Lipinski definition) is 5. The van der Waals surface area contributed by atoms with Gasteiger partial charge in [0.15, 0.2) is 8.32 Å². The third kappa shape index (κ3) is 10.9. The molecule has 0 spiro atoms. The SMILES string of the molecule is C[SiH]1O[Si](C)(CCCNC(=O)CC(F)(F)F)CCCCO[Si](C)(CCCC2CO2)O1. The van der Waals surface area contributed by atoms with E-state index in [1.165, 1.54) is 0 Å². The van der Waals surface area contributed by atoms with Crippen LogP contribution in [0.1, 0.15) is 38.5 Å². The number of hydrogen-bond donors (Lipinski definition) is 1. The fourth-order valence-corrected chi connectivity index (χ4v) is 16.0. The summed E-state index contributed by atoms with van der Waals surface area (Å²) in [5.74, 6) is -0.970. The van der Waals surface area contributed by atoms with Gasteiger partial charge in [-0.25, -0.2) is 0 Å². The molecule has 0 bridgehead atoms. The van der Waals surface area contributed by atoms with Gasteiger partial charge in [0.2, 0.25) is 5.91 Å². The molecule has 0 aliphatic carbocycles. The van der Waals surface area contributed by atoms with Gasteiger partial charge < -0.3 is 22.7 Å². The Morgan fingerprint density at radius 2 is 1.90 bits per heavy atom. The lowest BCUT2D eigenvalue weighted by molar-refractivity contribution is -0.153. The molecule has 176 valence electrons. The van der Waals surface area contributed by atoms with Crippen molar-refractivity contribution in [3.63, 3.8) is 0 Å². The van der Waals surface area contributed by atoms with Crippen LogP contribution in [0.5, 0.6) is 0 Å². The van der Waals surface area contributed by atoms with Gasteiger partial charge in [0, 0.05) is 13.2 Å². The smallest absolute Gasteiger partial charge is 0.397 e. The van der Waals surface area contributed by atoms with Crippen molar-refractivity contribution in [2.24, 2.45) is 0 Å². The van der Waals surface area contributed by atoms with Crippen LogP contribution in [-0.2, 0) is 22.2 Å².